The molecule has 0 saturated carbocycles. The molecule has 9 heteroatoms. The number of halogens is 4. The molecule has 0 aliphatic carbocycles. The average Bonchev–Trinajstić information content (AvgIpc) is 2.23. The number of ether oxygens (including phenoxy) is 1. The zero-order valence-corrected chi connectivity index (χ0v) is 10.6. The maximum Gasteiger partial charge on any atom is 0.406 e. The Morgan fingerprint density at radius 2 is 1.83 bits per heavy atom. The van der Waals surface area contributed by atoms with Crippen LogP contribution in [0.3, 0.4) is 0 Å². The summed E-state index contributed by atoms with van der Waals surface area (Å²) in [6, 6.07) is 0. The number of carbonyl (C=O) groups is 1. The molecule has 0 aromatic rings. The van der Waals surface area contributed by atoms with Crippen LogP contribution in [0, 0.1) is 5.92 Å². The third kappa shape index (κ3) is 4.52. The van der Waals surface area contributed by atoms with E-state index in [0.29, 0.717) is 0 Å². The summed E-state index contributed by atoms with van der Waals surface area (Å²) < 4.78 is 73.7. The molecule has 1 atom stereocenters. The van der Waals surface area contributed by atoms with E-state index in [2.05, 4.69) is 4.74 Å². The van der Waals surface area contributed by atoms with Gasteiger partial charge in [-0.3, -0.25) is 4.79 Å². The van der Waals surface area contributed by atoms with Crippen molar-refractivity contribution in [2.24, 2.45) is 5.92 Å². The Hall–Kier alpha value is -0.700. The minimum absolute atomic E-state index is 0.444. The van der Waals surface area contributed by atoms with Crippen LogP contribution in [0.2, 0.25) is 0 Å². The fraction of sp³-hybridized carbons (Fsp3) is 0.889. The van der Waals surface area contributed by atoms with E-state index >= 15 is 0 Å². The summed E-state index contributed by atoms with van der Waals surface area (Å²) in [7, 11) is 0. The van der Waals surface area contributed by atoms with Crippen molar-refractivity contribution in [1.29, 1.82) is 0 Å². The topological polar surface area (TPSA) is 63.6 Å². The summed E-state index contributed by atoms with van der Waals surface area (Å²) in [6.07, 6.45) is -1.88. The van der Waals surface area contributed by atoms with Crippen molar-refractivity contribution in [2.75, 3.05) is 6.61 Å². The second-order valence-electron chi connectivity index (χ2n) is 3.90. The molecule has 0 rings (SSSR count). The number of alkyl halides is 4. The first-order valence-electron chi connectivity index (χ1n) is 5.05. The highest BCUT2D eigenvalue weighted by molar-refractivity contribution is 7.80. The van der Waals surface area contributed by atoms with Crippen LogP contribution >= 0.6 is 0 Å². The van der Waals surface area contributed by atoms with Crippen molar-refractivity contribution >= 4 is 17.0 Å². The minimum Gasteiger partial charge on any atom is -0.465 e. The zero-order valence-electron chi connectivity index (χ0n) is 9.79. The third-order valence-electron chi connectivity index (χ3n) is 2.00. The van der Waals surface area contributed by atoms with E-state index in [1.807, 2.05) is 0 Å². The van der Waals surface area contributed by atoms with Crippen molar-refractivity contribution < 1.29 is 35.9 Å². The summed E-state index contributed by atoms with van der Waals surface area (Å²) in [5, 5.41) is -5.02. The summed E-state index contributed by atoms with van der Waals surface area (Å²) in [5.41, 5.74) is 0. The molecule has 1 N–H and O–H groups in total. The Morgan fingerprint density at radius 3 is 2.22 bits per heavy atom. The first-order valence-corrected chi connectivity index (χ1v) is 6.16. The van der Waals surface area contributed by atoms with E-state index < -0.39 is 53.6 Å². The van der Waals surface area contributed by atoms with Gasteiger partial charge in [0.2, 0.25) is 11.1 Å². The highest BCUT2D eigenvalue weighted by atomic mass is 32.2. The van der Waals surface area contributed by atoms with Gasteiger partial charge in [0.15, 0.2) is 0 Å². The largest absolute Gasteiger partial charge is 0.465 e. The predicted molar refractivity (Wildman–Crippen MR) is 55.7 cm³/mol. The first kappa shape index (κ1) is 17.3. The van der Waals surface area contributed by atoms with Crippen LogP contribution in [0.25, 0.3) is 0 Å². The number of hydrogen-bond acceptors (Lipinski definition) is 3. The first-order chi connectivity index (χ1) is 8.02. The van der Waals surface area contributed by atoms with E-state index in [-0.39, 0.29) is 0 Å². The molecule has 4 nitrogen and oxygen atoms in total. The van der Waals surface area contributed by atoms with Crippen LogP contribution in [0.1, 0.15) is 26.7 Å². The molecule has 108 valence electrons. The van der Waals surface area contributed by atoms with Crippen molar-refractivity contribution in [3.05, 3.63) is 0 Å². The lowest BCUT2D eigenvalue weighted by Gasteiger charge is -2.23. The van der Waals surface area contributed by atoms with Gasteiger partial charge in [-0.1, -0.05) is 13.8 Å². The molecule has 1 unspecified atom stereocenters. The lowest BCUT2D eigenvalue weighted by molar-refractivity contribution is -0.165. The van der Waals surface area contributed by atoms with E-state index in [1.165, 1.54) is 13.8 Å². The van der Waals surface area contributed by atoms with Crippen molar-refractivity contribution in [3.8, 4) is 0 Å². The lowest BCUT2D eigenvalue weighted by Crippen LogP contribution is -2.44. The van der Waals surface area contributed by atoms with Crippen molar-refractivity contribution in [2.45, 2.75) is 37.9 Å². The zero-order chi connectivity index (χ0) is 14.6. The molecular formula is C9H14F4O4S. The van der Waals surface area contributed by atoms with E-state index in [4.69, 9.17) is 4.55 Å². The Kier molecular flexibility index (Phi) is 6.21. The molecule has 18 heavy (non-hydrogen) atoms. The minimum atomic E-state index is -5.02. The summed E-state index contributed by atoms with van der Waals surface area (Å²) in [6.45, 7) is 2.61. The Morgan fingerprint density at radius 1 is 1.33 bits per heavy atom. The normalized spacial score (nSPS) is 14.7. The van der Waals surface area contributed by atoms with Crippen molar-refractivity contribution in [1.82, 2.24) is 0 Å². The van der Waals surface area contributed by atoms with Gasteiger partial charge >= 0.3 is 17.1 Å². The van der Waals surface area contributed by atoms with Gasteiger partial charge in [0.1, 0.15) is 0 Å². The van der Waals surface area contributed by atoms with Gasteiger partial charge in [-0.05, 0) is 6.42 Å². The lowest BCUT2D eigenvalue weighted by atomic mass is 10.2. The van der Waals surface area contributed by atoms with Gasteiger partial charge in [-0.2, -0.15) is 17.6 Å². The van der Waals surface area contributed by atoms with Gasteiger partial charge in [0, 0.05) is 6.42 Å². The van der Waals surface area contributed by atoms with Gasteiger partial charge < -0.3 is 9.29 Å². The van der Waals surface area contributed by atoms with Gasteiger partial charge in [-0.15, -0.1) is 0 Å². The molecule has 0 heterocycles. The smallest absolute Gasteiger partial charge is 0.406 e. The molecule has 0 radical (unpaired) electrons. The third-order valence-corrected chi connectivity index (χ3v) is 2.73. The summed E-state index contributed by atoms with van der Waals surface area (Å²) in [5.74, 6) is -5.70. The second-order valence-corrected chi connectivity index (χ2v) is 4.91. The average molecular weight is 294 g/mol. The van der Waals surface area contributed by atoms with Crippen LogP contribution < -0.4 is 0 Å². The van der Waals surface area contributed by atoms with E-state index in [0.717, 1.165) is 0 Å². The van der Waals surface area contributed by atoms with Gasteiger partial charge in [0.25, 0.3) is 0 Å². The molecular weight excluding hydrogens is 280 g/mol. The number of rotatable bonds is 7. The fourth-order valence-electron chi connectivity index (χ4n) is 0.907. The monoisotopic (exact) mass is 294 g/mol. The van der Waals surface area contributed by atoms with Crippen LogP contribution in [0.5, 0.6) is 0 Å². The number of esters is 1. The standard InChI is InChI=1S/C9H14F4O4S/c1-6(2)7(14)17-5-3-4-8(10,11)9(12,13)18(15)16/h6H,3-5H2,1-2H3,(H,15,16). The number of carbonyl (C=O) groups excluding carboxylic acids is 1. The molecule has 0 saturated heterocycles. The van der Waals surface area contributed by atoms with E-state index in [1.54, 1.807) is 0 Å². The maximum atomic E-state index is 12.9. The molecule has 0 spiro atoms. The summed E-state index contributed by atoms with van der Waals surface area (Å²) in [4.78, 5) is 10.9. The van der Waals surface area contributed by atoms with Gasteiger partial charge in [-0.25, -0.2) is 4.21 Å². The Bertz CT molecular complexity index is 320. The molecule has 0 bridgehead atoms. The molecule has 0 aromatic heterocycles. The van der Waals surface area contributed by atoms with E-state index in [9.17, 15) is 26.6 Å². The van der Waals surface area contributed by atoms with Gasteiger partial charge in [0.05, 0.1) is 12.5 Å². The quantitative estimate of drug-likeness (QED) is 0.339. The molecule has 0 amide bonds. The predicted octanol–water partition coefficient (Wildman–Crippen LogP) is 2.42. The highest BCUT2D eigenvalue weighted by Gasteiger charge is 2.60. The van der Waals surface area contributed by atoms with Crippen LogP contribution in [0.4, 0.5) is 17.6 Å². The molecule has 0 aliphatic rings. The molecule has 0 aromatic carbocycles. The second kappa shape index (κ2) is 6.46. The number of hydrogen-bond donors (Lipinski definition) is 1. The van der Waals surface area contributed by atoms with Crippen molar-refractivity contribution in [3.63, 3.8) is 0 Å². The summed E-state index contributed by atoms with van der Waals surface area (Å²) >= 11 is -3.96. The highest BCUT2D eigenvalue weighted by Crippen LogP contribution is 2.39. The molecule has 0 fully saturated rings. The van der Waals surface area contributed by atoms with Crippen LogP contribution in [-0.2, 0) is 20.6 Å². The maximum absolute atomic E-state index is 12.9. The fourth-order valence-corrected chi connectivity index (χ4v) is 1.26. The Labute approximate surface area is 104 Å². The molecule has 0 aliphatic heterocycles. The SMILES string of the molecule is CC(C)C(=O)OCCCC(F)(F)C(F)(F)S(=O)O. The Balaban J connectivity index is 4.21. The van der Waals surface area contributed by atoms with Crippen LogP contribution in [0.15, 0.2) is 0 Å². The van der Waals surface area contributed by atoms with Crippen LogP contribution in [-0.4, -0.2) is 32.5 Å².